The lowest BCUT2D eigenvalue weighted by Crippen LogP contribution is -2.54. The molecule has 2 aliphatic heterocycles. The second-order valence-corrected chi connectivity index (χ2v) is 8.21. The fraction of sp³-hybridized carbons (Fsp3) is 0.526. The van der Waals surface area contributed by atoms with Crippen LogP contribution in [0.5, 0.6) is 0 Å². The first-order valence-electron chi connectivity index (χ1n) is 9.55. The number of piperidine rings is 1. The molecule has 10 heteroatoms. The van der Waals surface area contributed by atoms with Crippen LogP contribution in [0.2, 0.25) is 5.02 Å². The number of alkyl halides is 3. The van der Waals surface area contributed by atoms with Crippen LogP contribution in [-0.2, 0) is 25.8 Å². The molecule has 0 saturated carbocycles. The average Bonchev–Trinajstić information content (AvgIpc) is 3.12. The molecule has 1 fully saturated rings. The minimum atomic E-state index is -4.48. The summed E-state index contributed by atoms with van der Waals surface area (Å²) in [5.74, 6) is -0.563. The molecule has 0 unspecified atom stereocenters. The summed E-state index contributed by atoms with van der Waals surface area (Å²) in [5.41, 5.74) is 1.03. The number of likely N-dealkylation sites (tertiary alicyclic amines) is 1. The number of aromatic nitrogens is 3. The second-order valence-electron chi connectivity index (χ2n) is 7.77. The molecule has 1 aromatic carbocycles. The van der Waals surface area contributed by atoms with Gasteiger partial charge in [0, 0.05) is 42.6 Å². The van der Waals surface area contributed by atoms with Gasteiger partial charge in [-0.1, -0.05) is 23.7 Å². The van der Waals surface area contributed by atoms with E-state index in [1.54, 1.807) is 0 Å². The van der Waals surface area contributed by atoms with Crippen molar-refractivity contribution in [3.63, 3.8) is 0 Å². The van der Waals surface area contributed by atoms with Gasteiger partial charge in [0.1, 0.15) is 12.4 Å². The van der Waals surface area contributed by atoms with Crippen LogP contribution in [0.4, 0.5) is 13.2 Å². The number of hydrogen-bond acceptors (Lipinski definition) is 4. The number of quaternary nitrogens is 1. The summed E-state index contributed by atoms with van der Waals surface area (Å²) >= 11 is 6.07. The average molecular weight is 426 g/mol. The largest absolute Gasteiger partial charge is 0.451 e. The van der Waals surface area contributed by atoms with Crippen molar-refractivity contribution in [2.75, 3.05) is 19.6 Å². The van der Waals surface area contributed by atoms with Crippen molar-refractivity contribution < 1.29 is 17.7 Å². The lowest BCUT2D eigenvalue weighted by molar-refractivity contribution is -0.884. The maximum Gasteiger partial charge on any atom is 0.451 e. The molecule has 154 valence electrons. The van der Waals surface area contributed by atoms with E-state index in [2.05, 4.69) is 21.3 Å². The highest BCUT2D eigenvalue weighted by Gasteiger charge is 2.42. The topological polar surface area (TPSA) is 57.7 Å². The number of fused-ring (bicyclic) bond motifs is 1. The molecule has 2 aromatic rings. The van der Waals surface area contributed by atoms with Crippen LogP contribution in [0.25, 0.3) is 0 Å². The van der Waals surface area contributed by atoms with Crippen molar-refractivity contribution in [1.82, 2.24) is 19.7 Å². The third-order valence-electron chi connectivity index (χ3n) is 5.92. The Bertz CT molecular complexity index is 927. The van der Waals surface area contributed by atoms with E-state index < -0.39 is 12.0 Å². The van der Waals surface area contributed by atoms with Crippen LogP contribution in [0.15, 0.2) is 24.3 Å². The summed E-state index contributed by atoms with van der Waals surface area (Å²) in [7, 11) is 0. The van der Waals surface area contributed by atoms with E-state index >= 15 is 0 Å². The Balaban J connectivity index is 1.41. The third kappa shape index (κ3) is 4.10. The van der Waals surface area contributed by atoms with Gasteiger partial charge in [-0.05, 0) is 12.1 Å². The van der Waals surface area contributed by atoms with Crippen LogP contribution >= 0.6 is 11.6 Å². The van der Waals surface area contributed by atoms with E-state index in [9.17, 15) is 18.4 Å². The molecular formula is C19H21ClF3N6+. The van der Waals surface area contributed by atoms with Crippen LogP contribution in [0, 0.1) is 11.5 Å². The van der Waals surface area contributed by atoms with E-state index in [0.29, 0.717) is 48.1 Å². The summed E-state index contributed by atoms with van der Waals surface area (Å²) in [6, 6.07) is 7.80. The predicted molar refractivity (Wildman–Crippen MR) is 99.2 cm³/mol. The maximum absolute atomic E-state index is 13.0. The maximum atomic E-state index is 13.0. The van der Waals surface area contributed by atoms with E-state index in [1.165, 1.54) is 4.57 Å². The van der Waals surface area contributed by atoms with Gasteiger partial charge in [0.2, 0.25) is 5.82 Å². The van der Waals surface area contributed by atoms with Gasteiger partial charge in [-0.2, -0.15) is 13.2 Å². The zero-order valence-corrected chi connectivity index (χ0v) is 16.5. The summed E-state index contributed by atoms with van der Waals surface area (Å²) in [4.78, 5) is 2.18. The molecule has 0 bridgehead atoms. The zero-order chi connectivity index (χ0) is 20.6. The smallest absolute Gasteiger partial charge is 0.305 e. The minimum Gasteiger partial charge on any atom is -0.305 e. The normalized spacial score (nSPS) is 25.4. The summed E-state index contributed by atoms with van der Waals surface area (Å²) in [6.07, 6.45) is -0.387. The molecule has 0 radical (unpaired) electrons. The minimum absolute atomic E-state index is 0.230. The van der Waals surface area contributed by atoms with Crippen molar-refractivity contribution >= 4 is 11.6 Å². The number of hydrogen-bond donors (Lipinski definition) is 0. The second kappa shape index (κ2) is 7.59. The monoisotopic (exact) mass is 425 g/mol. The van der Waals surface area contributed by atoms with E-state index in [0.717, 1.165) is 18.4 Å². The van der Waals surface area contributed by atoms with Gasteiger partial charge in [-0.3, -0.25) is 4.90 Å². The predicted octanol–water partition coefficient (Wildman–Crippen LogP) is 3.43. The highest BCUT2D eigenvalue weighted by atomic mass is 35.5. The highest BCUT2D eigenvalue weighted by molar-refractivity contribution is 6.30. The first kappa shape index (κ1) is 20.1. The van der Waals surface area contributed by atoms with Gasteiger partial charge >= 0.3 is 12.4 Å². The summed E-state index contributed by atoms with van der Waals surface area (Å²) < 4.78 is 40.5. The Morgan fingerprint density at radius 1 is 1.21 bits per heavy atom. The lowest BCUT2D eigenvalue weighted by atomic mass is 9.99. The Morgan fingerprint density at radius 2 is 1.97 bits per heavy atom. The number of nitrogens with zero attached hydrogens (tertiary/aromatic N) is 6. The van der Waals surface area contributed by atoms with Crippen molar-refractivity contribution in [3.8, 4) is 6.19 Å². The number of nitriles is 1. The van der Waals surface area contributed by atoms with Crippen LogP contribution in [0.3, 0.4) is 0 Å². The van der Waals surface area contributed by atoms with E-state index in [1.807, 2.05) is 24.3 Å². The van der Waals surface area contributed by atoms with Gasteiger partial charge in [0.05, 0.1) is 19.6 Å². The van der Waals surface area contributed by atoms with Gasteiger partial charge in [0.25, 0.3) is 0 Å². The number of halogens is 4. The van der Waals surface area contributed by atoms with Crippen molar-refractivity contribution in [2.24, 2.45) is 0 Å². The zero-order valence-electron chi connectivity index (χ0n) is 15.7. The van der Waals surface area contributed by atoms with Crippen LogP contribution in [0.1, 0.15) is 30.1 Å². The molecule has 4 rings (SSSR count). The van der Waals surface area contributed by atoms with Gasteiger partial charge in [-0.25, -0.2) is 4.48 Å². The molecule has 0 N–H and O–H groups in total. The summed E-state index contributed by atoms with van der Waals surface area (Å²) in [6.45, 7) is 3.12. The first-order valence-corrected chi connectivity index (χ1v) is 9.93. The fourth-order valence-corrected chi connectivity index (χ4v) is 4.60. The molecule has 0 atom stereocenters. The Hall–Kier alpha value is -2.15. The molecule has 29 heavy (non-hydrogen) atoms. The molecule has 0 aliphatic carbocycles. The molecule has 0 amide bonds. The molecule has 1 saturated heterocycles. The van der Waals surface area contributed by atoms with Gasteiger partial charge in [-0.15, -0.1) is 15.5 Å². The van der Waals surface area contributed by atoms with E-state index in [4.69, 9.17) is 11.6 Å². The molecule has 3 heterocycles. The van der Waals surface area contributed by atoms with Gasteiger partial charge < -0.3 is 4.57 Å². The highest BCUT2D eigenvalue weighted by Crippen LogP contribution is 2.31. The van der Waals surface area contributed by atoms with Crippen molar-refractivity contribution in [1.29, 1.82) is 5.26 Å². The Morgan fingerprint density at radius 3 is 2.62 bits per heavy atom. The van der Waals surface area contributed by atoms with Gasteiger partial charge in [0.15, 0.2) is 0 Å². The molecule has 1 aromatic heterocycles. The number of benzene rings is 1. The quantitative estimate of drug-likeness (QED) is 0.558. The Labute approximate surface area is 171 Å². The van der Waals surface area contributed by atoms with Crippen LogP contribution < -0.4 is 0 Å². The van der Waals surface area contributed by atoms with Crippen LogP contribution in [-0.4, -0.2) is 49.8 Å². The third-order valence-corrected chi connectivity index (χ3v) is 6.15. The molecule has 0 spiro atoms. The molecular weight excluding hydrogens is 405 g/mol. The first-order chi connectivity index (χ1) is 13.8. The summed E-state index contributed by atoms with van der Waals surface area (Å²) in [5, 5.41) is 17.6. The SMILES string of the molecule is N#C[N+]1(Cc2cccc(Cl)c2)CCC(N2CCn3c(nnc3C(F)(F)F)C2)CC1. The van der Waals surface area contributed by atoms with Crippen molar-refractivity contribution in [2.45, 2.75) is 44.7 Å². The fourth-order valence-electron chi connectivity index (χ4n) is 4.39. The van der Waals surface area contributed by atoms with Crippen molar-refractivity contribution in [3.05, 3.63) is 46.5 Å². The molecule has 2 aliphatic rings. The standard InChI is InChI=1S/C19H21ClF3N6/c20-15-3-1-2-14(10-15)12-29(13-24)8-4-16(5-9-29)27-6-7-28-17(11-27)25-26-18(28)19(21,22)23/h1-3,10,16H,4-9,11-12H2/q+1. The lowest BCUT2D eigenvalue weighted by Gasteiger charge is -2.42. The van der Waals surface area contributed by atoms with E-state index in [-0.39, 0.29) is 12.6 Å². The Kier molecular flexibility index (Phi) is 5.27. The number of rotatable bonds is 3. The molecule has 6 nitrogen and oxygen atoms in total.